The van der Waals surface area contributed by atoms with Gasteiger partial charge in [0.05, 0.1) is 17.1 Å². The third-order valence-corrected chi connectivity index (χ3v) is 5.23. The Kier molecular flexibility index (Phi) is 6.74. The molecule has 1 aromatic carbocycles. The standard InChI is InChI=1S/C17H24BrClN2O2/c1-17(5-3-2-4-6-17)21-11-13-9-12(10-14(18)15(13)20)16(22)23-8-7-19/h9-10,21H,2-8,11,20H2,1H3. The summed E-state index contributed by atoms with van der Waals surface area (Å²) in [6, 6.07) is 3.49. The van der Waals surface area contributed by atoms with E-state index in [0.29, 0.717) is 22.3 Å². The van der Waals surface area contributed by atoms with Gasteiger partial charge in [0.1, 0.15) is 6.61 Å². The van der Waals surface area contributed by atoms with Crippen LogP contribution in [0.15, 0.2) is 16.6 Å². The Labute approximate surface area is 151 Å². The van der Waals surface area contributed by atoms with E-state index in [0.717, 1.165) is 5.56 Å². The maximum atomic E-state index is 12.0. The Bertz CT molecular complexity index is 560. The number of nitrogens with two attached hydrogens (primary N) is 1. The number of alkyl halides is 1. The average Bonchev–Trinajstić information content (AvgIpc) is 2.54. The van der Waals surface area contributed by atoms with E-state index >= 15 is 0 Å². The molecule has 1 saturated carbocycles. The first-order valence-corrected chi connectivity index (χ1v) is 9.34. The first-order chi connectivity index (χ1) is 10.9. The number of anilines is 1. The summed E-state index contributed by atoms with van der Waals surface area (Å²) in [5, 5.41) is 3.62. The van der Waals surface area contributed by atoms with Crippen molar-refractivity contribution in [1.82, 2.24) is 5.32 Å². The number of benzene rings is 1. The van der Waals surface area contributed by atoms with Crippen LogP contribution in [0.25, 0.3) is 0 Å². The zero-order valence-electron chi connectivity index (χ0n) is 13.5. The van der Waals surface area contributed by atoms with Crippen molar-refractivity contribution < 1.29 is 9.53 Å². The van der Waals surface area contributed by atoms with Gasteiger partial charge in [0.15, 0.2) is 0 Å². The summed E-state index contributed by atoms with van der Waals surface area (Å²) < 4.78 is 5.80. The highest BCUT2D eigenvalue weighted by Crippen LogP contribution is 2.30. The zero-order chi connectivity index (χ0) is 16.9. The van der Waals surface area contributed by atoms with E-state index < -0.39 is 0 Å². The first kappa shape index (κ1) is 18.6. The monoisotopic (exact) mass is 402 g/mol. The van der Waals surface area contributed by atoms with Crippen molar-refractivity contribution in [3.63, 3.8) is 0 Å². The van der Waals surface area contributed by atoms with Crippen molar-refractivity contribution in [2.75, 3.05) is 18.2 Å². The Morgan fingerprint density at radius 1 is 1.39 bits per heavy atom. The lowest BCUT2D eigenvalue weighted by Gasteiger charge is -2.35. The van der Waals surface area contributed by atoms with Crippen LogP contribution in [0.3, 0.4) is 0 Å². The van der Waals surface area contributed by atoms with Crippen LogP contribution in [0.5, 0.6) is 0 Å². The van der Waals surface area contributed by atoms with E-state index in [1.165, 1.54) is 32.1 Å². The summed E-state index contributed by atoms with van der Waals surface area (Å²) >= 11 is 8.98. The van der Waals surface area contributed by atoms with Gasteiger partial charge in [-0.25, -0.2) is 4.79 Å². The number of hydrogen-bond acceptors (Lipinski definition) is 4. The van der Waals surface area contributed by atoms with Gasteiger partial charge in [0, 0.05) is 16.6 Å². The maximum absolute atomic E-state index is 12.0. The topological polar surface area (TPSA) is 64.3 Å². The summed E-state index contributed by atoms with van der Waals surface area (Å²) in [4.78, 5) is 12.0. The molecule has 0 heterocycles. The minimum absolute atomic E-state index is 0.145. The van der Waals surface area contributed by atoms with Crippen molar-refractivity contribution >= 4 is 39.2 Å². The second-order valence-corrected chi connectivity index (χ2v) is 7.56. The van der Waals surface area contributed by atoms with E-state index in [1.54, 1.807) is 12.1 Å². The molecule has 1 fully saturated rings. The second kappa shape index (κ2) is 8.36. The molecule has 0 spiro atoms. The molecule has 6 heteroatoms. The van der Waals surface area contributed by atoms with Crippen LogP contribution < -0.4 is 11.1 Å². The first-order valence-electron chi connectivity index (χ1n) is 8.01. The number of ether oxygens (including phenoxy) is 1. The van der Waals surface area contributed by atoms with Crippen LogP contribution in [0.1, 0.15) is 54.9 Å². The molecule has 0 saturated heterocycles. The quantitative estimate of drug-likeness (QED) is 0.423. The van der Waals surface area contributed by atoms with Crippen molar-refractivity contribution in [3.05, 3.63) is 27.7 Å². The fourth-order valence-electron chi connectivity index (χ4n) is 2.97. The lowest BCUT2D eigenvalue weighted by molar-refractivity contribution is 0.0529. The van der Waals surface area contributed by atoms with Gasteiger partial charge >= 0.3 is 5.97 Å². The number of nitrogen functional groups attached to an aromatic ring is 1. The van der Waals surface area contributed by atoms with Gasteiger partial charge in [-0.2, -0.15) is 0 Å². The van der Waals surface area contributed by atoms with E-state index in [-0.39, 0.29) is 24.0 Å². The lowest BCUT2D eigenvalue weighted by atomic mass is 9.83. The summed E-state index contributed by atoms with van der Waals surface area (Å²) in [5.41, 5.74) is 8.35. The molecular formula is C17H24BrClN2O2. The predicted octanol–water partition coefficient (Wildman–Crippen LogP) is 4.24. The largest absolute Gasteiger partial charge is 0.461 e. The fourth-order valence-corrected chi connectivity index (χ4v) is 3.55. The highest BCUT2D eigenvalue weighted by molar-refractivity contribution is 9.10. The number of nitrogens with one attached hydrogen (secondary N) is 1. The number of esters is 1. The van der Waals surface area contributed by atoms with Gasteiger partial charge in [-0.3, -0.25) is 0 Å². The van der Waals surface area contributed by atoms with Crippen LogP contribution in [-0.4, -0.2) is 24.0 Å². The van der Waals surface area contributed by atoms with Crippen LogP contribution in [-0.2, 0) is 11.3 Å². The summed E-state index contributed by atoms with van der Waals surface area (Å²) in [5.74, 6) is -0.0919. The average molecular weight is 404 g/mol. The SMILES string of the molecule is CC1(NCc2cc(C(=O)OCCCl)cc(Br)c2N)CCCCC1. The molecule has 0 aliphatic heterocycles. The molecule has 128 valence electrons. The lowest BCUT2D eigenvalue weighted by Crippen LogP contribution is -2.43. The molecule has 0 radical (unpaired) electrons. The molecule has 0 unspecified atom stereocenters. The number of carbonyl (C=O) groups excluding carboxylic acids is 1. The number of hydrogen-bond donors (Lipinski definition) is 2. The van der Waals surface area contributed by atoms with Crippen LogP contribution >= 0.6 is 27.5 Å². The molecule has 1 aliphatic carbocycles. The Hall–Kier alpha value is -0.780. The Morgan fingerprint density at radius 2 is 2.09 bits per heavy atom. The van der Waals surface area contributed by atoms with E-state index in [4.69, 9.17) is 22.1 Å². The molecule has 1 aliphatic rings. The number of carbonyl (C=O) groups is 1. The second-order valence-electron chi connectivity index (χ2n) is 6.33. The molecule has 0 amide bonds. The minimum Gasteiger partial charge on any atom is -0.461 e. The predicted molar refractivity (Wildman–Crippen MR) is 97.9 cm³/mol. The van der Waals surface area contributed by atoms with E-state index in [1.807, 2.05) is 0 Å². The minimum atomic E-state index is -0.378. The van der Waals surface area contributed by atoms with Crippen molar-refractivity contribution in [2.45, 2.75) is 51.1 Å². The molecule has 23 heavy (non-hydrogen) atoms. The van der Waals surface area contributed by atoms with Crippen molar-refractivity contribution in [3.8, 4) is 0 Å². The number of halogens is 2. The maximum Gasteiger partial charge on any atom is 0.338 e. The summed E-state index contributed by atoms with van der Waals surface area (Å²) in [6.45, 7) is 3.10. The molecule has 4 nitrogen and oxygen atoms in total. The van der Waals surface area contributed by atoms with Crippen molar-refractivity contribution in [1.29, 1.82) is 0 Å². The highest BCUT2D eigenvalue weighted by Gasteiger charge is 2.26. The van der Waals surface area contributed by atoms with Gasteiger partial charge in [-0.15, -0.1) is 11.6 Å². The molecule has 2 rings (SSSR count). The van der Waals surface area contributed by atoms with Gasteiger partial charge in [-0.1, -0.05) is 19.3 Å². The normalized spacial score (nSPS) is 17.0. The smallest absolute Gasteiger partial charge is 0.338 e. The highest BCUT2D eigenvalue weighted by atomic mass is 79.9. The summed E-state index contributed by atoms with van der Waals surface area (Å²) in [6.07, 6.45) is 6.17. The molecule has 1 aromatic rings. The molecule has 0 atom stereocenters. The van der Waals surface area contributed by atoms with Gasteiger partial charge in [0.25, 0.3) is 0 Å². The van der Waals surface area contributed by atoms with Gasteiger partial charge < -0.3 is 15.8 Å². The van der Waals surface area contributed by atoms with Gasteiger partial charge in [0.2, 0.25) is 0 Å². The Balaban J connectivity index is 2.11. The molecular weight excluding hydrogens is 380 g/mol. The van der Waals surface area contributed by atoms with E-state index in [2.05, 4.69) is 28.2 Å². The van der Waals surface area contributed by atoms with Crippen molar-refractivity contribution in [2.24, 2.45) is 0 Å². The molecule has 3 N–H and O–H groups in total. The molecule has 0 bridgehead atoms. The van der Waals surface area contributed by atoms with E-state index in [9.17, 15) is 4.79 Å². The summed E-state index contributed by atoms with van der Waals surface area (Å²) in [7, 11) is 0. The van der Waals surface area contributed by atoms with Crippen LogP contribution in [0.2, 0.25) is 0 Å². The number of rotatable bonds is 6. The van der Waals surface area contributed by atoms with Crippen LogP contribution in [0.4, 0.5) is 5.69 Å². The van der Waals surface area contributed by atoms with Gasteiger partial charge in [-0.05, 0) is 53.4 Å². The molecule has 0 aromatic heterocycles. The third kappa shape index (κ3) is 5.10. The third-order valence-electron chi connectivity index (χ3n) is 4.42. The van der Waals surface area contributed by atoms with Crippen LogP contribution in [0, 0.1) is 0 Å². The fraction of sp³-hybridized carbons (Fsp3) is 0.588. The Morgan fingerprint density at radius 3 is 2.74 bits per heavy atom. The zero-order valence-corrected chi connectivity index (χ0v) is 15.8.